The Hall–Kier alpha value is -18.5. The number of aromatic nitrogens is 9. The van der Waals surface area contributed by atoms with Crippen LogP contribution in [0, 0.1) is 32.1 Å². The predicted octanol–water partition coefficient (Wildman–Crippen LogP) is 28.2. The number of nitrogens with two attached hydrogens (primary N) is 5. The number of thiophene rings is 1. The van der Waals surface area contributed by atoms with E-state index in [1.165, 1.54) is 79.3 Å². The van der Waals surface area contributed by atoms with Crippen LogP contribution in [-0.4, -0.2) is 68.8 Å². The van der Waals surface area contributed by atoms with Gasteiger partial charge in [-0.2, -0.15) is 25.3 Å². The lowest BCUT2D eigenvalue weighted by Gasteiger charge is -2.12. The van der Waals surface area contributed by atoms with Crippen LogP contribution in [0.5, 0.6) is 0 Å². The predicted molar refractivity (Wildman–Crippen MR) is 614 cm³/mol. The van der Waals surface area contributed by atoms with Crippen LogP contribution in [0.1, 0.15) is 68.8 Å². The number of hydrogen-bond acceptors (Lipinski definition) is 21. The van der Waals surface area contributed by atoms with E-state index in [0.717, 1.165) is 177 Å². The van der Waals surface area contributed by atoms with E-state index in [1.54, 1.807) is 49.0 Å². The Bertz CT molecular complexity index is 9830. The minimum Gasteiger partial charge on any atom is -0.453 e. The van der Waals surface area contributed by atoms with Crippen molar-refractivity contribution >= 4 is 267 Å². The number of azo groups is 1. The highest BCUT2D eigenvalue weighted by molar-refractivity contribution is 7.98. The molecule has 150 heavy (non-hydrogen) atoms. The summed E-state index contributed by atoms with van der Waals surface area (Å²) in [7, 11) is 0. The summed E-state index contributed by atoms with van der Waals surface area (Å²) in [5, 5.41) is 37.8. The third-order valence-electron chi connectivity index (χ3n) is 26.7. The monoisotopic (exact) mass is 2030 g/mol. The van der Waals surface area contributed by atoms with Crippen LogP contribution in [0.2, 0.25) is 10.0 Å². The van der Waals surface area contributed by atoms with E-state index in [1.807, 2.05) is 110 Å². The Balaban J connectivity index is 0.000000106. The topological polar surface area (TPSA) is 337 Å². The number of rotatable bonds is 14. The van der Waals surface area contributed by atoms with Crippen LogP contribution >= 0.6 is 46.3 Å². The molecule has 26 rings (SSSR count). The van der Waals surface area contributed by atoms with Crippen molar-refractivity contribution in [2.45, 2.75) is 58.0 Å². The van der Waals surface area contributed by atoms with Gasteiger partial charge in [0.1, 0.15) is 48.1 Å². The molecule has 0 aliphatic carbocycles. The number of terminal acetylenes is 1. The van der Waals surface area contributed by atoms with Crippen LogP contribution in [-0.2, 0) is 17.1 Å². The maximum absolute atomic E-state index is 13.1. The van der Waals surface area contributed by atoms with E-state index < -0.39 is 17.9 Å². The zero-order chi connectivity index (χ0) is 103. The van der Waals surface area contributed by atoms with Crippen molar-refractivity contribution in [2.24, 2.45) is 21.2 Å². The number of furan rings is 1. The number of nitrogens with zero attached hydrogens (tertiary/aromatic N) is 13. The minimum atomic E-state index is -0.901. The quantitative estimate of drug-likeness (QED) is 0.00563. The Morgan fingerprint density at radius 1 is 0.500 bits per heavy atom. The number of aryl methyl sites for hydroxylation is 2. The number of anilines is 7. The molecule has 8 heterocycles. The molecule has 0 spiro atoms. The molecule has 1 aliphatic heterocycles. The molecule has 11 N–H and O–H groups in total. The van der Waals surface area contributed by atoms with E-state index in [4.69, 9.17) is 72.7 Å². The summed E-state index contributed by atoms with van der Waals surface area (Å²) < 4.78 is 12.3. The van der Waals surface area contributed by atoms with Gasteiger partial charge in [-0.15, -0.1) is 26.9 Å². The molecule has 1 atom stereocenters. The van der Waals surface area contributed by atoms with Gasteiger partial charge in [0.05, 0.1) is 39.7 Å². The Labute approximate surface area is 878 Å². The van der Waals surface area contributed by atoms with E-state index in [2.05, 4.69) is 287 Å². The molecule has 0 saturated carbocycles. The molecule has 25 aromatic rings. The summed E-state index contributed by atoms with van der Waals surface area (Å²) in [5.41, 5.74) is 52.8. The maximum atomic E-state index is 13.1. The molecule has 0 fully saturated rings. The number of hydrogen-bond donors (Lipinski definition) is 6. The Morgan fingerprint density at radius 2 is 1.00 bits per heavy atom. The molecule has 728 valence electrons. The number of thioether (sulfide) groups is 1. The van der Waals surface area contributed by atoms with E-state index in [0.29, 0.717) is 59.9 Å². The average Bonchev–Trinajstić information content (AvgIpc) is 1.12. The number of imide groups is 1. The van der Waals surface area contributed by atoms with Gasteiger partial charge >= 0.3 is 0 Å². The lowest BCUT2D eigenvalue weighted by molar-refractivity contribution is -0.536. The molecule has 0 saturated heterocycles. The highest BCUT2D eigenvalue weighted by atomic mass is 35.5. The van der Waals surface area contributed by atoms with Gasteiger partial charge in [0.2, 0.25) is 45.2 Å². The number of amides is 2. The van der Waals surface area contributed by atoms with Crippen molar-refractivity contribution in [2.75, 3.05) is 34.0 Å². The van der Waals surface area contributed by atoms with E-state index in [9.17, 15) is 14.4 Å². The van der Waals surface area contributed by atoms with Crippen LogP contribution in [0.15, 0.2) is 389 Å². The Morgan fingerprint density at radius 3 is 1.59 bits per heavy atom. The fourth-order valence-corrected chi connectivity index (χ4v) is 22.0. The van der Waals surface area contributed by atoms with Gasteiger partial charge < -0.3 is 43.0 Å². The first-order valence-corrected chi connectivity index (χ1v) is 51.0. The van der Waals surface area contributed by atoms with Gasteiger partial charge in [-0.1, -0.05) is 279 Å². The zero-order valence-electron chi connectivity index (χ0n) is 81.7. The molecule has 7 aromatic heterocycles. The number of halogens is 2. The second-order valence-corrected chi connectivity index (χ2v) is 39.7. The molecule has 1 unspecified atom stereocenters. The van der Waals surface area contributed by atoms with E-state index in [-0.39, 0.29) is 17.2 Å². The van der Waals surface area contributed by atoms with Gasteiger partial charge in [0, 0.05) is 143 Å². The minimum absolute atomic E-state index is 0.174. The largest absolute Gasteiger partial charge is 0.453 e. The van der Waals surface area contributed by atoms with Gasteiger partial charge in [-0.3, -0.25) is 19.4 Å². The lowest BCUT2D eigenvalue weighted by Crippen LogP contribution is -2.34. The highest BCUT2D eigenvalue weighted by Crippen LogP contribution is 2.43. The van der Waals surface area contributed by atoms with Crippen LogP contribution in [0.3, 0.4) is 0 Å². The van der Waals surface area contributed by atoms with Crippen LogP contribution in [0.25, 0.3) is 164 Å². The standard InChI is InChI=1S/C30H20N4.C30H19N3.C22H14Cl2N2O2S.C21H23N5S.C20H15N5O2/c31-24-16-27-29(22-13-5-3-11-20(22)24)33-30-23-14-6-4-12-21(23)25(32)17-28(30)34(27)26-15-7-9-18-8-1-2-10-19(18)26;31-25-18-28-30(24-14-6-5-13-23(24)25)32-29-22-12-4-2-9-20(22)16-17-27(29)33(28)26-15-7-10-19-8-1-3-11-21(19)26;1-3-15-19(25)21(29-22(15)26-16-6-4-13(23)8-11(16)2)20(27)18-10-12-9-14(24)5-7-17(12)28-18;1-13(2)10-26-12-23-18-19(26)24-21(22)25-20(18)27-11-17-14(3)8-9-15-6-4-5-7-16(15)17;1-13-18(20(27)25(24-13)19(26)15-8-10-21-11-9-15)23-22-17-7-6-14-4-2-3-5-16(14)12-17/h1-17H,(H3,31,32);1-18,31H;1,4-10,26H,25H2,2H3;4-9,12-13H,10-11H2,1-3H3,(H2,22,24,25);2-12,18H,1H3/p+2. The zero-order valence-corrected chi connectivity index (χ0v) is 84.8. The van der Waals surface area contributed by atoms with Crippen LogP contribution in [0.4, 0.5) is 45.1 Å². The van der Waals surface area contributed by atoms with Gasteiger partial charge in [-0.25, -0.2) is 19.9 Å². The number of ketones is 1. The molecule has 27 heteroatoms. The molecule has 23 nitrogen and oxygen atoms in total. The molecular formula is C123H93Cl2N19O4S2+2. The number of benzene rings is 18. The number of nitrogen functional groups attached to an aromatic ring is 5. The summed E-state index contributed by atoms with van der Waals surface area (Å²) in [5.74, 6) is 3.01. The molecule has 0 radical (unpaired) electrons. The molecule has 0 bridgehead atoms. The fraction of sp³-hybridized carbons (Fsp3) is 0.0732. The summed E-state index contributed by atoms with van der Waals surface area (Å²) in [6, 6.07) is 114. The van der Waals surface area contributed by atoms with Crippen molar-refractivity contribution in [1.29, 1.82) is 0 Å². The van der Waals surface area contributed by atoms with Gasteiger partial charge in [0.15, 0.2) is 17.4 Å². The molecule has 2 amide bonds. The Kier molecular flexibility index (Phi) is 26.2. The van der Waals surface area contributed by atoms with Gasteiger partial charge in [-0.05, 0) is 166 Å². The first-order valence-electron chi connectivity index (χ1n) is 48.5. The fourth-order valence-electron chi connectivity index (χ4n) is 19.5. The summed E-state index contributed by atoms with van der Waals surface area (Å²) in [6.07, 6.45) is 10.5. The van der Waals surface area contributed by atoms with Crippen LogP contribution < -0.4 is 43.1 Å². The maximum Gasteiger partial charge on any atom is 0.282 e. The molecule has 1 aliphatic rings. The first kappa shape index (κ1) is 96.3. The average molecular weight is 2040 g/mol. The number of fused-ring (bicyclic) bond motifs is 18. The highest BCUT2D eigenvalue weighted by Gasteiger charge is 2.39. The third kappa shape index (κ3) is 18.6. The van der Waals surface area contributed by atoms with Crippen molar-refractivity contribution < 1.29 is 27.9 Å². The van der Waals surface area contributed by atoms with Gasteiger partial charge in [0.25, 0.3) is 11.8 Å². The first-order chi connectivity index (χ1) is 73.0. The van der Waals surface area contributed by atoms with Crippen molar-refractivity contribution in [3.05, 3.63) is 413 Å². The molecular weight excluding hydrogens is 1940 g/mol. The second-order valence-electron chi connectivity index (χ2n) is 36.9. The number of carbonyl (C=O) groups excluding carboxylic acids is 3. The van der Waals surface area contributed by atoms with Crippen molar-refractivity contribution in [3.63, 3.8) is 0 Å². The number of nitrogens with one attached hydrogen (secondary N) is 1. The summed E-state index contributed by atoms with van der Waals surface area (Å²) >= 11 is 14.9. The summed E-state index contributed by atoms with van der Waals surface area (Å²) in [6.45, 7) is 10.9. The van der Waals surface area contributed by atoms with Crippen molar-refractivity contribution in [1.82, 2.24) is 39.5 Å². The second kappa shape index (κ2) is 40.9. The van der Waals surface area contributed by atoms with E-state index >= 15 is 0 Å². The lowest BCUT2D eigenvalue weighted by atomic mass is 10.0. The number of carbonyl (C=O) groups is 3. The third-order valence-corrected chi connectivity index (χ3v) is 29.3. The SMILES string of the molecule is C#Cc1c(Nc2ccc(Cl)cc2C)sc(C(=O)c2cc3cc(Cl)ccc3o2)c1N.CC1=NN(C(=O)c2ccncc2)C(=O)C1N=Nc1ccc2ccccc2c1.Cc1ccc2ccccc2c1CSc1nc(N)nc2c1ncn2CC(C)C.Nc1cc2c(nc3c4ccccc4c(N)cc3[n+]2-c2cccc3ccccc23)c2ccccc12.Nc1cc2c(nc3c4ccccc4ccc3[n+]2-c2cccc3ccccc23)c2ccccc12. The number of pyridine rings is 1. The smallest absolute Gasteiger partial charge is 0.282 e. The molecule has 18 aromatic carbocycles. The number of imidazole rings is 1. The van der Waals surface area contributed by atoms with Crippen molar-refractivity contribution in [3.8, 4) is 23.7 Å². The normalized spacial score (nSPS) is 12.5. The summed E-state index contributed by atoms with van der Waals surface area (Å²) in [4.78, 5) is 66.3. The number of hydrazone groups is 1.